The minimum atomic E-state index is -0.197. The summed E-state index contributed by atoms with van der Waals surface area (Å²) >= 11 is 0. The summed E-state index contributed by atoms with van der Waals surface area (Å²) in [5.74, 6) is 0.435. The van der Waals surface area contributed by atoms with Crippen LogP contribution in [0.3, 0.4) is 0 Å². The highest BCUT2D eigenvalue weighted by molar-refractivity contribution is 5.93. The number of nitrogens with two attached hydrogens (primary N) is 1. The van der Waals surface area contributed by atoms with Gasteiger partial charge < -0.3 is 5.73 Å². The van der Waals surface area contributed by atoms with Gasteiger partial charge in [0.1, 0.15) is 17.4 Å². The highest BCUT2D eigenvalue weighted by Gasteiger charge is 2.14. The van der Waals surface area contributed by atoms with Gasteiger partial charge in [-0.3, -0.25) is 5.41 Å². The van der Waals surface area contributed by atoms with E-state index in [1.54, 1.807) is 6.92 Å². The van der Waals surface area contributed by atoms with E-state index in [-0.39, 0.29) is 18.1 Å². The van der Waals surface area contributed by atoms with Crippen LogP contribution in [-0.2, 0) is 6.54 Å². The first-order chi connectivity index (χ1) is 7.18. The first kappa shape index (κ1) is 9.24. The molecule has 0 aromatic carbocycles. The van der Waals surface area contributed by atoms with Gasteiger partial charge in [0.2, 0.25) is 0 Å². The lowest BCUT2D eigenvalue weighted by molar-refractivity contribution is 0.301. The number of tetrazole rings is 1. The number of nitrogen functional groups attached to an aromatic ring is 1. The van der Waals surface area contributed by atoms with Gasteiger partial charge >= 0.3 is 0 Å². The minimum Gasteiger partial charge on any atom is -0.382 e. The van der Waals surface area contributed by atoms with Gasteiger partial charge in [-0.05, 0) is 22.5 Å². The minimum absolute atomic E-state index is 0.197. The number of nitrogens with zero attached hydrogens (tertiary/aromatic N) is 6. The Labute approximate surface area is 83.7 Å². The summed E-state index contributed by atoms with van der Waals surface area (Å²) in [7, 11) is 0. The molecule has 15 heavy (non-hydrogen) atoms. The average molecular weight is 208 g/mol. The SMILES string of the molecule is Cc1nnnn1Cc1nonc1C(=N)N. The van der Waals surface area contributed by atoms with E-state index in [4.69, 9.17) is 11.1 Å². The number of amidine groups is 1. The first-order valence-electron chi connectivity index (χ1n) is 4.07. The maximum atomic E-state index is 7.23. The van der Waals surface area contributed by atoms with E-state index in [0.29, 0.717) is 11.5 Å². The molecule has 0 aliphatic carbocycles. The van der Waals surface area contributed by atoms with Crippen LogP contribution in [0, 0.1) is 12.3 Å². The molecule has 3 N–H and O–H groups in total. The van der Waals surface area contributed by atoms with Crippen molar-refractivity contribution < 1.29 is 4.63 Å². The summed E-state index contributed by atoms with van der Waals surface area (Å²) < 4.78 is 6.00. The summed E-state index contributed by atoms with van der Waals surface area (Å²) in [4.78, 5) is 0. The van der Waals surface area contributed by atoms with E-state index in [0.717, 1.165) is 0 Å². The molecule has 0 radical (unpaired) electrons. The van der Waals surface area contributed by atoms with Crippen molar-refractivity contribution in [3.63, 3.8) is 0 Å². The van der Waals surface area contributed by atoms with Crippen LogP contribution in [0.15, 0.2) is 4.63 Å². The molecule has 0 aliphatic heterocycles. The molecule has 0 saturated heterocycles. The third-order valence-corrected chi connectivity index (χ3v) is 1.82. The second kappa shape index (κ2) is 3.44. The Balaban J connectivity index is 2.28. The summed E-state index contributed by atoms with van der Waals surface area (Å²) in [6, 6.07) is 0. The Kier molecular flexibility index (Phi) is 2.12. The highest BCUT2D eigenvalue weighted by Crippen LogP contribution is 2.04. The van der Waals surface area contributed by atoms with Crippen molar-refractivity contribution >= 4 is 5.84 Å². The van der Waals surface area contributed by atoms with Gasteiger partial charge in [-0.1, -0.05) is 5.16 Å². The second-order valence-corrected chi connectivity index (χ2v) is 2.86. The molecular weight excluding hydrogens is 200 g/mol. The van der Waals surface area contributed by atoms with Crippen LogP contribution in [0.5, 0.6) is 0 Å². The van der Waals surface area contributed by atoms with Gasteiger partial charge in [0.15, 0.2) is 5.69 Å². The first-order valence-corrected chi connectivity index (χ1v) is 4.07. The van der Waals surface area contributed by atoms with Crippen LogP contribution in [-0.4, -0.2) is 36.4 Å². The summed E-state index contributed by atoms with van der Waals surface area (Å²) in [5.41, 5.74) is 5.93. The number of aromatic nitrogens is 6. The van der Waals surface area contributed by atoms with Crippen molar-refractivity contribution in [1.29, 1.82) is 5.41 Å². The van der Waals surface area contributed by atoms with Gasteiger partial charge in [0.05, 0.1) is 6.54 Å². The number of nitrogens with one attached hydrogen (secondary N) is 1. The van der Waals surface area contributed by atoms with Crippen molar-refractivity contribution in [2.45, 2.75) is 13.5 Å². The van der Waals surface area contributed by atoms with Crippen LogP contribution in [0.25, 0.3) is 0 Å². The van der Waals surface area contributed by atoms with Gasteiger partial charge in [-0.15, -0.1) is 5.10 Å². The number of hydrogen-bond acceptors (Lipinski definition) is 7. The Morgan fingerprint density at radius 2 is 2.33 bits per heavy atom. The molecule has 2 heterocycles. The van der Waals surface area contributed by atoms with Crippen LogP contribution in [0.1, 0.15) is 17.2 Å². The fourth-order valence-electron chi connectivity index (χ4n) is 1.05. The standard InChI is InChI=1S/C6H8N8O/c1-3-9-12-13-14(3)2-4-5(6(7)8)11-15-10-4/h2H2,1H3,(H3,7,8). The van der Waals surface area contributed by atoms with Crippen LogP contribution in [0.4, 0.5) is 0 Å². The normalized spacial score (nSPS) is 10.5. The van der Waals surface area contributed by atoms with Gasteiger partial charge in [0.25, 0.3) is 0 Å². The molecule has 0 fully saturated rings. The van der Waals surface area contributed by atoms with Crippen molar-refractivity contribution in [1.82, 2.24) is 30.5 Å². The van der Waals surface area contributed by atoms with Crippen molar-refractivity contribution in [3.8, 4) is 0 Å². The van der Waals surface area contributed by atoms with E-state index < -0.39 is 0 Å². The molecule has 0 unspecified atom stereocenters. The van der Waals surface area contributed by atoms with E-state index in [9.17, 15) is 0 Å². The monoisotopic (exact) mass is 208 g/mol. The largest absolute Gasteiger partial charge is 0.382 e. The third-order valence-electron chi connectivity index (χ3n) is 1.82. The Hall–Kier alpha value is -2.32. The lowest BCUT2D eigenvalue weighted by atomic mass is 10.3. The average Bonchev–Trinajstić information content (AvgIpc) is 2.77. The highest BCUT2D eigenvalue weighted by atomic mass is 16.6. The number of rotatable bonds is 3. The maximum absolute atomic E-state index is 7.23. The molecule has 9 heteroatoms. The zero-order valence-corrected chi connectivity index (χ0v) is 7.88. The predicted octanol–water partition coefficient (Wildman–Crippen LogP) is -1.30. The molecule has 0 amide bonds. The van der Waals surface area contributed by atoms with E-state index in [2.05, 4.69) is 30.5 Å². The molecule has 0 saturated carbocycles. The molecule has 0 atom stereocenters. The molecule has 9 nitrogen and oxygen atoms in total. The third kappa shape index (κ3) is 1.66. The lowest BCUT2D eigenvalue weighted by Gasteiger charge is -1.98. The van der Waals surface area contributed by atoms with Crippen LogP contribution in [0.2, 0.25) is 0 Å². The topological polar surface area (TPSA) is 132 Å². The molecular formula is C6H8N8O. The maximum Gasteiger partial charge on any atom is 0.174 e. The Morgan fingerprint density at radius 1 is 1.53 bits per heavy atom. The molecule has 0 bridgehead atoms. The van der Waals surface area contributed by atoms with E-state index >= 15 is 0 Å². The Bertz CT molecular complexity index is 485. The van der Waals surface area contributed by atoms with E-state index in [1.807, 2.05) is 0 Å². The predicted molar refractivity (Wildman–Crippen MR) is 47.0 cm³/mol. The molecule has 2 aromatic heterocycles. The lowest BCUT2D eigenvalue weighted by Crippen LogP contribution is -2.16. The Morgan fingerprint density at radius 3 is 2.93 bits per heavy atom. The molecule has 0 spiro atoms. The summed E-state index contributed by atoms with van der Waals surface area (Å²) in [6.45, 7) is 2.03. The zero-order valence-electron chi connectivity index (χ0n) is 7.88. The molecule has 78 valence electrons. The van der Waals surface area contributed by atoms with Crippen LogP contribution >= 0.6 is 0 Å². The molecule has 2 aromatic rings. The molecule has 2 rings (SSSR count). The van der Waals surface area contributed by atoms with Gasteiger partial charge in [-0.2, -0.15) is 0 Å². The van der Waals surface area contributed by atoms with Crippen molar-refractivity contribution in [2.75, 3.05) is 0 Å². The van der Waals surface area contributed by atoms with Crippen LogP contribution < -0.4 is 5.73 Å². The number of hydrogen-bond donors (Lipinski definition) is 2. The fraction of sp³-hybridized carbons (Fsp3) is 0.333. The van der Waals surface area contributed by atoms with Crippen molar-refractivity contribution in [2.24, 2.45) is 5.73 Å². The van der Waals surface area contributed by atoms with Crippen molar-refractivity contribution in [3.05, 3.63) is 17.2 Å². The fourth-order valence-corrected chi connectivity index (χ4v) is 1.05. The number of aryl methyl sites for hydroxylation is 1. The smallest absolute Gasteiger partial charge is 0.174 e. The van der Waals surface area contributed by atoms with Gasteiger partial charge in [0, 0.05) is 0 Å². The molecule has 0 aliphatic rings. The zero-order chi connectivity index (χ0) is 10.8. The second-order valence-electron chi connectivity index (χ2n) is 2.86. The summed E-state index contributed by atoms with van der Waals surface area (Å²) in [6.07, 6.45) is 0. The quantitative estimate of drug-likeness (QED) is 0.473. The summed E-state index contributed by atoms with van der Waals surface area (Å²) in [5, 5.41) is 25.3. The van der Waals surface area contributed by atoms with Gasteiger partial charge in [-0.25, -0.2) is 9.31 Å². The van der Waals surface area contributed by atoms with E-state index in [1.165, 1.54) is 4.68 Å².